The van der Waals surface area contributed by atoms with Crippen molar-refractivity contribution in [2.45, 2.75) is 51.8 Å². The number of hydrogen-bond acceptors (Lipinski definition) is 1. The maximum absolute atomic E-state index is 14.6. The van der Waals surface area contributed by atoms with Gasteiger partial charge >= 0.3 is 6.36 Å². The van der Waals surface area contributed by atoms with Gasteiger partial charge in [0, 0.05) is 5.56 Å². The highest BCUT2D eigenvalue weighted by atomic mass is 19.4. The molecule has 1 aliphatic carbocycles. The fourth-order valence-corrected chi connectivity index (χ4v) is 3.55. The molecule has 0 N–H and O–H groups in total. The highest BCUT2D eigenvalue weighted by molar-refractivity contribution is 5.72. The molecule has 0 saturated heterocycles. The van der Waals surface area contributed by atoms with Gasteiger partial charge in [-0.2, -0.15) is 0 Å². The van der Waals surface area contributed by atoms with Crippen molar-refractivity contribution in [2.24, 2.45) is 0 Å². The highest BCUT2D eigenvalue weighted by Crippen LogP contribution is 2.35. The minimum absolute atomic E-state index is 0.0154. The topological polar surface area (TPSA) is 9.23 Å². The number of ether oxygens (including phenoxy) is 1. The SMILES string of the molecule is CCCCCc1cc(F)c(C2=CCc3cc(OC(F)(F)F)c(F)cc3C2)c(F)c1. The quantitative estimate of drug-likeness (QED) is 0.368. The summed E-state index contributed by atoms with van der Waals surface area (Å²) in [5, 5.41) is 0. The van der Waals surface area contributed by atoms with Crippen molar-refractivity contribution in [3.63, 3.8) is 0 Å². The van der Waals surface area contributed by atoms with Crippen molar-refractivity contribution in [1.82, 2.24) is 0 Å². The van der Waals surface area contributed by atoms with Crippen LogP contribution in [0.15, 0.2) is 30.3 Å². The lowest BCUT2D eigenvalue weighted by Gasteiger charge is -2.20. The fraction of sp³-hybridized carbons (Fsp3) is 0.364. The number of fused-ring (bicyclic) bond motifs is 1. The number of alkyl halides is 3. The van der Waals surface area contributed by atoms with Crippen molar-refractivity contribution in [2.75, 3.05) is 0 Å². The van der Waals surface area contributed by atoms with E-state index in [2.05, 4.69) is 4.74 Å². The lowest BCUT2D eigenvalue weighted by atomic mass is 9.87. The first-order valence-corrected chi connectivity index (χ1v) is 9.42. The molecule has 0 radical (unpaired) electrons. The van der Waals surface area contributed by atoms with E-state index in [0.717, 1.165) is 31.4 Å². The molecule has 7 heteroatoms. The van der Waals surface area contributed by atoms with Crippen LogP contribution in [-0.2, 0) is 19.3 Å². The molecule has 3 rings (SSSR count). The average molecular weight is 414 g/mol. The van der Waals surface area contributed by atoms with Gasteiger partial charge in [0.25, 0.3) is 0 Å². The number of allylic oxidation sites excluding steroid dienone is 2. The molecule has 0 unspecified atom stereocenters. The second-order valence-corrected chi connectivity index (χ2v) is 7.10. The molecule has 0 aromatic heterocycles. The Balaban J connectivity index is 1.84. The van der Waals surface area contributed by atoms with Gasteiger partial charge in [0.05, 0.1) is 0 Å². The fourth-order valence-electron chi connectivity index (χ4n) is 3.55. The first kappa shape index (κ1) is 21.3. The van der Waals surface area contributed by atoms with Gasteiger partial charge in [-0.1, -0.05) is 25.8 Å². The van der Waals surface area contributed by atoms with E-state index in [1.807, 2.05) is 6.92 Å². The van der Waals surface area contributed by atoms with Gasteiger partial charge in [0.2, 0.25) is 0 Å². The predicted octanol–water partition coefficient (Wildman–Crippen LogP) is 6.92. The molecule has 0 saturated carbocycles. The Labute approximate surface area is 165 Å². The zero-order valence-electron chi connectivity index (χ0n) is 15.8. The number of unbranched alkanes of at least 4 members (excludes halogenated alkanes) is 2. The van der Waals surface area contributed by atoms with Crippen LogP contribution in [0, 0.1) is 17.5 Å². The van der Waals surface area contributed by atoms with E-state index < -0.39 is 29.6 Å². The molecule has 2 aromatic rings. The lowest BCUT2D eigenvalue weighted by Crippen LogP contribution is -2.18. The molecule has 156 valence electrons. The summed E-state index contributed by atoms with van der Waals surface area (Å²) in [5.41, 5.74) is 1.54. The molecule has 1 nitrogen and oxygen atoms in total. The van der Waals surface area contributed by atoms with E-state index in [1.165, 1.54) is 12.1 Å². The Kier molecular flexibility index (Phi) is 6.24. The van der Waals surface area contributed by atoms with Crippen LogP contribution in [0.25, 0.3) is 5.57 Å². The third-order valence-corrected chi connectivity index (χ3v) is 4.92. The zero-order valence-corrected chi connectivity index (χ0v) is 15.8. The van der Waals surface area contributed by atoms with Crippen LogP contribution < -0.4 is 4.74 Å². The molecule has 0 spiro atoms. The molecule has 0 aliphatic heterocycles. The van der Waals surface area contributed by atoms with Crippen LogP contribution in [-0.4, -0.2) is 6.36 Å². The predicted molar refractivity (Wildman–Crippen MR) is 98.1 cm³/mol. The van der Waals surface area contributed by atoms with Crippen LogP contribution in [0.1, 0.15) is 48.4 Å². The summed E-state index contributed by atoms with van der Waals surface area (Å²) in [4.78, 5) is 0. The maximum Gasteiger partial charge on any atom is 0.573 e. The molecule has 0 amide bonds. The lowest BCUT2D eigenvalue weighted by molar-refractivity contribution is -0.275. The Hall–Kier alpha value is -2.44. The smallest absolute Gasteiger partial charge is 0.403 e. The van der Waals surface area contributed by atoms with E-state index in [4.69, 9.17) is 0 Å². The Morgan fingerprint density at radius 3 is 2.21 bits per heavy atom. The summed E-state index contributed by atoms with van der Waals surface area (Å²) in [5.74, 6) is -3.47. The Morgan fingerprint density at radius 2 is 1.59 bits per heavy atom. The average Bonchev–Trinajstić information content (AvgIpc) is 2.61. The number of hydrogen-bond donors (Lipinski definition) is 0. The monoisotopic (exact) mass is 414 g/mol. The Morgan fingerprint density at radius 1 is 0.897 bits per heavy atom. The first-order chi connectivity index (χ1) is 13.7. The molecule has 0 atom stereocenters. The van der Waals surface area contributed by atoms with E-state index in [0.29, 0.717) is 28.7 Å². The molecule has 2 aromatic carbocycles. The second kappa shape index (κ2) is 8.51. The van der Waals surface area contributed by atoms with Crippen LogP contribution in [0.2, 0.25) is 0 Å². The molecule has 0 bridgehead atoms. The van der Waals surface area contributed by atoms with Gasteiger partial charge in [-0.3, -0.25) is 0 Å². The molecule has 0 fully saturated rings. The summed E-state index contributed by atoms with van der Waals surface area (Å²) in [7, 11) is 0. The normalized spacial score (nSPS) is 13.8. The number of benzene rings is 2. The molecular weight excluding hydrogens is 394 g/mol. The first-order valence-electron chi connectivity index (χ1n) is 9.42. The summed E-state index contributed by atoms with van der Waals surface area (Å²) < 4.78 is 84.0. The van der Waals surface area contributed by atoms with E-state index >= 15 is 0 Å². The van der Waals surface area contributed by atoms with Gasteiger partial charge in [-0.05, 0) is 72.2 Å². The summed E-state index contributed by atoms with van der Waals surface area (Å²) in [6.45, 7) is 2.04. The highest BCUT2D eigenvalue weighted by Gasteiger charge is 2.33. The zero-order chi connectivity index (χ0) is 21.2. The summed E-state index contributed by atoms with van der Waals surface area (Å²) in [6.07, 6.45) is 0.0766. The van der Waals surface area contributed by atoms with Crippen LogP contribution in [0.5, 0.6) is 5.75 Å². The molecular formula is C22H20F6O. The third kappa shape index (κ3) is 5.14. The minimum Gasteiger partial charge on any atom is -0.403 e. The second-order valence-electron chi connectivity index (χ2n) is 7.10. The van der Waals surface area contributed by atoms with E-state index in [9.17, 15) is 26.3 Å². The van der Waals surface area contributed by atoms with Gasteiger partial charge < -0.3 is 4.74 Å². The van der Waals surface area contributed by atoms with E-state index in [1.54, 1.807) is 6.08 Å². The van der Waals surface area contributed by atoms with Crippen molar-refractivity contribution in [3.05, 3.63) is 70.0 Å². The van der Waals surface area contributed by atoms with Crippen molar-refractivity contribution in [3.8, 4) is 5.75 Å². The number of aryl methyl sites for hydroxylation is 1. The summed E-state index contributed by atoms with van der Waals surface area (Å²) in [6, 6.07) is 4.53. The van der Waals surface area contributed by atoms with Crippen molar-refractivity contribution in [1.29, 1.82) is 0 Å². The third-order valence-electron chi connectivity index (χ3n) is 4.92. The van der Waals surface area contributed by atoms with Crippen molar-refractivity contribution < 1.29 is 31.1 Å². The standard InChI is InChI=1S/C22H20F6O/c1-2-3-4-5-13-8-18(24)21(19(25)9-13)15-7-6-14-12-20(29-22(26,27)28)17(23)11-16(14)10-15/h7-9,11-12H,2-6,10H2,1H3. The molecule has 1 aliphatic rings. The summed E-state index contributed by atoms with van der Waals surface area (Å²) >= 11 is 0. The Bertz CT molecular complexity index is 907. The van der Waals surface area contributed by atoms with Gasteiger partial charge in [-0.15, -0.1) is 13.2 Å². The van der Waals surface area contributed by atoms with Crippen LogP contribution in [0.4, 0.5) is 26.3 Å². The number of rotatable bonds is 6. The van der Waals surface area contributed by atoms with E-state index in [-0.39, 0.29) is 18.4 Å². The van der Waals surface area contributed by atoms with Gasteiger partial charge in [-0.25, -0.2) is 13.2 Å². The molecule has 0 heterocycles. The van der Waals surface area contributed by atoms with Crippen LogP contribution in [0.3, 0.4) is 0 Å². The number of halogens is 6. The molecule has 29 heavy (non-hydrogen) atoms. The minimum atomic E-state index is -5.00. The largest absolute Gasteiger partial charge is 0.573 e. The van der Waals surface area contributed by atoms with Crippen LogP contribution >= 0.6 is 0 Å². The van der Waals surface area contributed by atoms with Gasteiger partial charge in [0.1, 0.15) is 11.6 Å². The van der Waals surface area contributed by atoms with Gasteiger partial charge in [0.15, 0.2) is 11.6 Å². The van der Waals surface area contributed by atoms with Crippen molar-refractivity contribution >= 4 is 5.57 Å². The maximum atomic E-state index is 14.6.